The minimum Gasteiger partial charge on any atom is -0.339 e. The highest BCUT2D eigenvalue weighted by molar-refractivity contribution is 5.58. The number of nitrogens with two attached hydrogens (primary N) is 1. The van der Waals surface area contributed by atoms with Gasteiger partial charge >= 0.3 is 0 Å². The summed E-state index contributed by atoms with van der Waals surface area (Å²) in [5.74, 6) is 1.29. The van der Waals surface area contributed by atoms with E-state index in [1.807, 2.05) is 0 Å². The number of benzene rings is 1. The molecule has 21 heavy (non-hydrogen) atoms. The van der Waals surface area contributed by atoms with Crippen LogP contribution in [0, 0.1) is 16.0 Å². The molecule has 0 saturated heterocycles. The quantitative estimate of drug-likeness (QED) is 0.647. The van der Waals surface area contributed by atoms with Gasteiger partial charge in [0.25, 0.3) is 5.69 Å². The molecule has 0 aliphatic carbocycles. The summed E-state index contributed by atoms with van der Waals surface area (Å²) < 4.78 is 5.16. The van der Waals surface area contributed by atoms with Crippen molar-refractivity contribution in [3.63, 3.8) is 0 Å². The van der Waals surface area contributed by atoms with Crippen molar-refractivity contribution >= 4 is 5.69 Å². The van der Waals surface area contributed by atoms with Crippen molar-refractivity contribution in [2.75, 3.05) is 0 Å². The van der Waals surface area contributed by atoms with Gasteiger partial charge in [-0.2, -0.15) is 4.98 Å². The first-order valence-corrected chi connectivity index (χ1v) is 6.78. The van der Waals surface area contributed by atoms with Gasteiger partial charge in [0.05, 0.1) is 4.92 Å². The van der Waals surface area contributed by atoms with E-state index in [-0.39, 0.29) is 11.7 Å². The summed E-state index contributed by atoms with van der Waals surface area (Å²) in [7, 11) is 0. The highest BCUT2D eigenvalue weighted by atomic mass is 16.6. The Morgan fingerprint density at radius 3 is 2.86 bits per heavy atom. The van der Waals surface area contributed by atoms with E-state index >= 15 is 0 Å². The molecule has 0 saturated carbocycles. The van der Waals surface area contributed by atoms with Gasteiger partial charge in [-0.3, -0.25) is 10.1 Å². The van der Waals surface area contributed by atoms with Gasteiger partial charge in [0.15, 0.2) is 0 Å². The molecule has 2 N–H and O–H groups in total. The number of nitro benzene ring substituents is 1. The molecule has 0 bridgehead atoms. The van der Waals surface area contributed by atoms with Gasteiger partial charge in [-0.25, -0.2) is 0 Å². The zero-order chi connectivity index (χ0) is 15.4. The average molecular weight is 290 g/mol. The van der Waals surface area contributed by atoms with Gasteiger partial charge in [0.1, 0.15) is 0 Å². The molecule has 1 atom stereocenters. The van der Waals surface area contributed by atoms with Crippen LogP contribution in [0.15, 0.2) is 28.8 Å². The molecule has 2 aromatic rings. The van der Waals surface area contributed by atoms with Crippen LogP contribution >= 0.6 is 0 Å². The molecular weight excluding hydrogens is 272 g/mol. The summed E-state index contributed by atoms with van der Waals surface area (Å²) in [6.45, 7) is 4.20. The van der Waals surface area contributed by atoms with Gasteiger partial charge in [0, 0.05) is 30.2 Å². The van der Waals surface area contributed by atoms with Crippen LogP contribution in [0.1, 0.15) is 26.2 Å². The van der Waals surface area contributed by atoms with Crippen LogP contribution in [-0.4, -0.2) is 21.1 Å². The van der Waals surface area contributed by atoms with Crippen molar-refractivity contribution in [2.45, 2.75) is 32.7 Å². The Labute approximate surface area is 122 Å². The number of hydrogen-bond donors (Lipinski definition) is 1. The lowest BCUT2D eigenvalue weighted by molar-refractivity contribution is -0.384. The Hall–Kier alpha value is -2.28. The Balaban J connectivity index is 2.12. The third-order valence-corrected chi connectivity index (χ3v) is 2.99. The lowest BCUT2D eigenvalue weighted by atomic mass is 10.0. The van der Waals surface area contributed by atoms with Gasteiger partial charge in [-0.15, -0.1) is 0 Å². The zero-order valence-electron chi connectivity index (χ0n) is 12.0. The van der Waals surface area contributed by atoms with Crippen molar-refractivity contribution in [3.05, 3.63) is 40.3 Å². The number of nitrogens with zero attached hydrogens (tertiary/aromatic N) is 3. The first-order chi connectivity index (χ1) is 9.95. The van der Waals surface area contributed by atoms with E-state index in [0.29, 0.717) is 29.6 Å². The highest BCUT2D eigenvalue weighted by Gasteiger charge is 2.15. The van der Waals surface area contributed by atoms with Crippen LogP contribution in [0.3, 0.4) is 0 Å². The van der Waals surface area contributed by atoms with E-state index in [4.69, 9.17) is 10.3 Å². The molecule has 1 aromatic heterocycles. The SMILES string of the molecule is CC(C)CC(N)Cc1nc(-c2cccc([N+](=O)[O-])c2)no1. The fraction of sp³-hybridized carbons (Fsp3) is 0.429. The van der Waals surface area contributed by atoms with Gasteiger partial charge in [0.2, 0.25) is 11.7 Å². The summed E-state index contributed by atoms with van der Waals surface area (Å²) in [6.07, 6.45) is 1.37. The number of nitro groups is 1. The monoisotopic (exact) mass is 290 g/mol. The number of rotatable bonds is 6. The molecule has 0 fully saturated rings. The van der Waals surface area contributed by atoms with Crippen molar-refractivity contribution < 1.29 is 9.45 Å². The molecule has 7 heteroatoms. The van der Waals surface area contributed by atoms with Crippen molar-refractivity contribution in [3.8, 4) is 11.4 Å². The highest BCUT2D eigenvalue weighted by Crippen LogP contribution is 2.21. The first kappa shape index (κ1) is 15.1. The second-order valence-corrected chi connectivity index (χ2v) is 5.41. The predicted molar refractivity (Wildman–Crippen MR) is 77.5 cm³/mol. The fourth-order valence-corrected chi connectivity index (χ4v) is 2.13. The van der Waals surface area contributed by atoms with E-state index in [2.05, 4.69) is 24.0 Å². The summed E-state index contributed by atoms with van der Waals surface area (Å²) in [5, 5.41) is 14.6. The maximum atomic E-state index is 10.8. The van der Waals surface area contributed by atoms with E-state index in [1.54, 1.807) is 12.1 Å². The molecule has 0 amide bonds. The Morgan fingerprint density at radius 1 is 1.43 bits per heavy atom. The largest absolute Gasteiger partial charge is 0.339 e. The van der Waals surface area contributed by atoms with Crippen LogP contribution < -0.4 is 5.73 Å². The lowest BCUT2D eigenvalue weighted by Crippen LogP contribution is -2.24. The van der Waals surface area contributed by atoms with Gasteiger partial charge < -0.3 is 10.3 Å². The maximum Gasteiger partial charge on any atom is 0.270 e. The molecule has 112 valence electrons. The number of non-ortho nitro benzene ring substituents is 1. The van der Waals surface area contributed by atoms with E-state index in [0.717, 1.165) is 6.42 Å². The van der Waals surface area contributed by atoms with E-state index < -0.39 is 4.92 Å². The van der Waals surface area contributed by atoms with Crippen LogP contribution in [0.4, 0.5) is 5.69 Å². The second kappa shape index (κ2) is 6.45. The second-order valence-electron chi connectivity index (χ2n) is 5.41. The van der Waals surface area contributed by atoms with Gasteiger partial charge in [-0.1, -0.05) is 31.1 Å². The standard InChI is InChI=1S/C14H18N4O3/c1-9(2)6-11(15)8-13-16-14(17-21-13)10-4-3-5-12(7-10)18(19)20/h3-5,7,9,11H,6,8,15H2,1-2H3. The minimum atomic E-state index is -0.455. The van der Waals surface area contributed by atoms with Crippen molar-refractivity contribution in [1.29, 1.82) is 0 Å². The first-order valence-electron chi connectivity index (χ1n) is 6.78. The van der Waals surface area contributed by atoms with Crippen molar-refractivity contribution in [1.82, 2.24) is 10.1 Å². The molecule has 7 nitrogen and oxygen atoms in total. The van der Waals surface area contributed by atoms with E-state index in [1.165, 1.54) is 12.1 Å². The average Bonchev–Trinajstić information content (AvgIpc) is 2.86. The normalized spacial score (nSPS) is 12.6. The molecule has 1 aromatic carbocycles. The fourth-order valence-electron chi connectivity index (χ4n) is 2.13. The molecule has 1 unspecified atom stereocenters. The zero-order valence-corrected chi connectivity index (χ0v) is 12.0. The lowest BCUT2D eigenvalue weighted by Gasteiger charge is -2.10. The smallest absolute Gasteiger partial charge is 0.270 e. The molecule has 2 rings (SSSR count). The topological polar surface area (TPSA) is 108 Å². The van der Waals surface area contributed by atoms with Crippen LogP contribution in [-0.2, 0) is 6.42 Å². The Kier molecular flexibility index (Phi) is 4.64. The molecule has 1 heterocycles. The molecule has 0 radical (unpaired) electrons. The molecule has 0 spiro atoms. The summed E-state index contributed by atoms with van der Waals surface area (Å²) >= 11 is 0. The minimum absolute atomic E-state index is 0.00430. The van der Waals surface area contributed by atoms with Crippen molar-refractivity contribution in [2.24, 2.45) is 11.7 Å². The molecule has 0 aliphatic rings. The van der Waals surface area contributed by atoms with Crippen LogP contribution in [0.25, 0.3) is 11.4 Å². The summed E-state index contributed by atoms with van der Waals surface area (Å²) in [5.41, 5.74) is 6.55. The third-order valence-electron chi connectivity index (χ3n) is 2.99. The third kappa shape index (κ3) is 4.09. The Morgan fingerprint density at radius 2 is 2.19 bits per heavy atom. The summed E-state index contributed by atoms with van der Waals surface area (Å²) in [6, 6.07) is 6.10. The molecular formula is C14H18N4O3. The Bertz CT molecular complexity index is 624. The van der Waals surface area contributed by atoms with E-state index in [9.17, 15) is 10.1 Å². The van der Waals surface area contributed by atoms with Crippen LogP contribution in [0.5, 0.6) is 0 Å². The predicted octanol–water partition coefficient (Wildman–Crippen LogP) is 2.56. The number of aromatic nitrogens is 2. The van der Waals surface area contributed by atoms with Gasteiger partial charge in [-0.05, 0) is 12.3 Å². The maximum absolute atomic E-state index is 10.8. The van der Waals surface area contributed by atoms with Crippen LogP contribution in [0.2, 0.25) is 0 Å². The summed E-state index contributed by atoms with van der Waals surface area (Å²) in [4.78, 5) is 14.6. The molecule has 0 aliphatic heterocycles. The number of hydrogen-bond acceptors (Lipinski definition) is 6.